The molecule has 1 aliphatic rings. The molecular weight excluding hydrogens is 372 g/mol. The minimum Gasteiger partial charge on any atom is -0.511 e. The molecule has 0 fully saturated rings. The Kier molecular flexibility index (Phi) is 5.17. The number of nitrogens with two attached hydrogens (primary N) is 1. The number of nitrogen functional groups attached to an aromatic ring is 1. The van der Waals surface area contributed by atoms with Crippen molar-refractivity contribution in [1.82, 2.24) is 0 Å². The van der Waals surface area contributed by atoms with E-state index in [1.54, 1.807) is 12.1 Å². The Balaban J connectivity index is 1.84. The number of fused-ring (bicyclic) bond motifs is 1. The van der Waals surface area contributed by atoms with Crippen molar-refractivity contribution in [2.45, 2.75) is 33.1 Å². The van der Waals surface area contributed by atoms with Crippen LogP contribution in [-0.2, 0) is 11.2 Å². The van der Waals surface area contributed by atoms with Gasteiger partial charge in [-0.15, -0.1) is 0 Å². The summed E-state index contributed by atoms with van der Waals surface area (Å²) in [6.45, 7) is 4.00. The second-order valence-corrected chi connectivity index (χ2v) is 8.73. The molecule has 3 aromatic rings. The Morgan fingerprint density at radius 2 is 1.70 bits per heavy atom. The summed E-state index contributed by atoms with van der Waals surface area (Å²) in [4.78, 5) is 17.8. The number of benzene rings is 3. The fraction of sp³-hybridized carbons (Fsp3) is 0.231. The largest absolute Gasteiger partial charge is 0.511 e. The van der Waals surface area contributed by atoms with Crippen molar-refractivity contribution in [1.29, 1.82) is 0 Å². The molecule has 3 N–H and O–H groups in total. The van der Waals surface area contributed by atoms with Gasteiger partial charge in [0.1, 0.15) is 5.76 Å². The van der Waals surface area contributed by atoms with Crippen molar-refractivity contribution in [3.8, 4) is 0 Å². The van der Waals surface area contributed by atoms with Crippen LogP contribution in [0.1, 0.15) is 32.3 Å². The number of carbonyl (C=O) groups excluding carboxylic acids is 1. The number of aliphatic imine (C=N–C) groups is 1. The van der Waals surface area contributed by atoms with Gasteiger partial charge in [-0.25, -0.2) is 0 Å². The van der Waals surface area contributed by atoms with E-state index in [0.717, 1.165) is 16.3 Å². The SMILES string of the molecule is CC1(C)CC(=O)C(C(Cc2cccc3ccccc23)=Nc2ccc(N)cc2)=C(O)C1. The van der Waals surface area contributed by atoms with Crippen LogP contribution in [0.25, 0.3) is 10.8 Å². The molecule has 3 aromatic carbocycles. The average Bonchev–Trinajstić information content (AvgIpc) is 2.68. The van der Waals surface area contributed by atoms with E-state index in [1.165, 1.54) is 0 Å². The smallest absolute Gasteiger partial charge is 0.168 e. The number of aliphatic hydroxyl groups is 1. The van der Waals surface area contributed by atoms with E-state index in [-0.39, 0.29) is 17.0 Å². The quantitative estimate of drug-likeness (QED) is 0.422. The van der Waals surface area contributed by atoms with Gasteiger partial charge in [0.05, 0.1) is 17.0 Å². The van der Waals surface area contributed by atoms with Crippen molar-refractivity contribution in [2.24, 2.45) is 10.4 Å². The van der Waals surface area contributed by atoms with Gasteiger partial charge in [-0.1, -0.05) is 56.3 Å². The van der Waals surface area contributed by atoms with Gasteiger partial charge in [-0.2, -0.15) is 0 Å². The Morgan fingerprint density at radius 1 is 1.00 bits per heavy atom. The van der Waals surface area contributed by atoms with E-state index in [0.29, 0.717) is 41.9 Å². The van der Waals surface area contributed by atoms with Crippen LogP contribution in [-0.4, -0.2) is 16.6 Å². The summed E-state index contributed by atoms with van der Waals surface area (Å²) in [5, 5.41) is 13.1. The molecule has 4 heteroatoms. The van der Waals surface area contributed by atoms with Crippen LogP contribution in [0.2, 0.25) is 0 Å². The third kappa shape index (κ3) is 4.13. The minimum atomic E-state index is -0.254. The normalized spacial score (nSPS) is 16.9. The molecule has 1 aliphatic carbocycles. The van der Waals surface area contributed by atoms with Crippen LogP contribution in [0.3, 0.4) is 0 Å². The van der Waals surface area contributed by atoms with E-state index >= 15 is 0 Å². The lowest BCUT2D eigenvalue weighted by molar-refractivity contribution is -0.117. The van der Waals surface area contributed by atoms with Crippen molar-refractivity contribution in [2.75, 3.05) is 5.73 Å². The van der Waals surface area contributed by atoms with E-state index in [1.807, 2.05) is 44.2 Å². The van der Waals surface area contributed by atoms with Crippen molar-refractivity contribution in [3.63, 3.8) is 0 Å². The molecule has 0 saturated carbocycles. The first-order valence-corrected chi connectivity index (χ1v) is 10.2. The van der Waals surface area contributed by atoms with Crippen LogP contribution in [0, 0.1) is 5.41 Å². The molecule has 30 heavy (non-hydrogen) atoms. The highest BCUT2D eigenvalue weighted by atomic mass is 16.3. The second kappa shape index (κ2) is 7.79. The van der Waals surface area contributed by atoms with Gasteiger partial charge in [0.2, 0.25) is 0 Å². The van der Waals surface area contributed by atoms with Crippen molar-refractivity contribution in [3.05, 3.63) is 83.6 Å². The second-order valence-electron chi connectivity index (χ2n) is 8.73. The molecule has 0 saturated heterocycles. The van der Waals surface area contributed by atoms with E-state index in [9.17, 15) is 9.90 Å². The van der Waals surface area contributed by atoms with Crippen LogP contribution >= 0.6 is 0 Å². The zero-order chi connectivity index (χ0) is 21.3. The van der Waals surface area contributed by atoms with Crippen LogP contribution < -0.4 is 5.73 Å². The molecule has 4 nitrogen and oxygen atoms in total. The maximum absolute atomic E-state index is 13.0. The zero-order valence-corrected chi connectivity index (χ0v) is 17.4. The first kappa shape index (κ1) is 19.9. The van der Waals surface area contributed by atoms with Gasteiger partial charge in [0.15, 0.2) is 5.78 Å². The number of anilines is 1. The highest BCUT2D eigenvalue weighted by Gasteiger charge is 2.35. The lowest BCUT2D eigenvalue weighted by Gasteiger charge is -2.30. The van der Waals surface area contributed by atoms with E-state index in [4.69, 9.17) is 10.7 Å². The van der Waals surface area contributed by atoms with Gasteiger partial charge < -0.3 is 10.8 Å². The summed E-state index contributed by atoms with van der Waals surface area (Å²) in [7, 11) is 0. The lowest BCUT2D eigenvalue weighted by atomic mass is 9.75. The number of hydrogen-bond acceptors (Lipinski definition) is 4. The monoisotopic (exact) mass is 398 g/mol. The summed E-state index contributed by atoms with van der Waals surface area (Å²) >= 11 is 0. The predicted molar refractivity (Wildman–Crippen MR) is 123 cm³/mol. The zero-order valence-electron chi connectivity index (χ0n) is 17.4. The molecule has 0 spiro atoms. The molecule has 0 atom stereocenters. The third-order valence-electron chi connectivity index (χ3n) is 5.54. The highest BCUT2D eigenvalue weighted by molar-refractivity contribution is 6.24. The maximum atomic E-state index is 13.0. The molecule has 0 amide bonds. The molecule has 0 radical (unpaired) electrons. The molecule has 0 unspecified atom stereocenters. The summed E-state index contributed by atoms with van der Waals surface area (Å²) in [6.07, 6.45) is 1.31. The predicted octanol–water partition coefficient (Wildman–Crippen LogP) is 5.94. The van der Waals surface area contributed by atoms with Gasteiger partial charge in [0, 0.05) is 24.9 Å². The van der Waals surface area contributed by atoms with Crippen LogP contribution in [0.15, 0.2) is 83.1 Å². The van der Waals surface area contributed by atoms with Crippen LogP contribution in [0.4, 0.5) is 11.4 Å². The summed E-state index contributed by atoms with van der Waals surface area (Å²) in [5.74, 6) is 0.0730. The maximum Gasteiger partial charge on any atom is 0.168 e. The average molecular weight is 399 g/mol. The number of aliphatic hydroxyl groups excluding tert-OH is 1. The number of Topliss-reactive ketones (excluding diaryl/α,β-unsaturated/α-hetero) is 1. The molecule has 0 aromatic heterocycles. The van der Waals surface area contributed by atoms with Gasteiger partial charge >= 0.3 is 0 Å². The summed E-state index contributed by atoms with van der Waals surface area (Å²) < 4.78 is 0. The van der Waals surface area contributed by atoms with E-state index < -0.39 is 0 Å². The first-order chi connectivity index (χ1) is 14.3. The fourth-order valence-electron chi connectivity index (χ4n) is 4.13. The Hall–Kier alpha value is -3.40. The fourth-order valence-corrected chi connectivity index (χ4v) is 4.13. The molecule has 152 valence electrons. The molecular formula is C26H26N2O2. The van der Waals surface area contributed by atoms with Gasteiger partial charge in [-0.3, -0.25) is 9.79 Å². The van der Waals surface area contributed by atoms with Crippen molar-refractivity contribution < 1.29 is 9.90 Å². The van der Waals surface area contributed by atoms with Gasteiger partial charge in [0.25, 0.3) is 0 Å². The Morgan fingerprint density at radius 3 is 2.43 bits per heavy atom. The Labute approximate surface area is 176 Å². The topological polar surface area (TPSA) is 75.7 Å². The van der Waals surface area contributed by atoms with Crippen LogP contribution in [0.5, 0.6) is 0 Å². The number of rotatable bonds is 4. The molecule has 4 rings (SSSR count). The number of carbonyl (C=O) groups is 1. The standard InChI is InChI=1S/C26H26N2O2/c1-26(2)15-23(29)25(24(30)16-26)22(28-20-12-10-19(27)11-13-20)14-18-8-5-7-17-6-3-4-9-21(17)18/h3-13,29H,14-16,27H2,1-2H3. The number of allylic oxidation sites excluding steroid dienone is 2. The molecule has 0 aliphatic heterocycles. The molecule has 0 heterocycles. The van der Waals surface area contributed by atoms with Crippen molar-refractivity contribution >= 4 is 33.6 Å². The third-order valence-corrected chi connectivity index (χ3v) is 5.54. The van der Waals surface area contributed by atoms with E-state index in [2.05, 4.69) is 24.3 Å². The molecule has 0 bridgehead atoms. The number of hydrogen-bond donors (Lipinski definition) is 2. The minimum absolute atomic E-state index is 0.0572. The Bertz CT molecular complexity index is 1170. The summed E-state index contributed by atoms with van der Waals surface area (Å²) in [6, 6.07) is 21.5. The lowest BCUT2D eigenvalue weighted by Crippen LogP contribution is -2.30. The number of ketones is 1. The highest BCUT2D eigenvalue weighted by Crippen LogP contribution is 2.37. The summed E-state index contributed by atoms with van der Waals surface area (Å²) in [5.41, 5.74) is 8.94. The first-order valence-electron chi connectivity index (χ1n) is 10.2. The van der Waals surface area contributed by atoms with Gasteiger partial charge in [-0.05, 0) is 46.0 Å². The number of nitrogens with zero attached hydrogens (tertiary/aromatic N) is 1.